The summed E-state index contributed by atoms with van der Waals surface area (Å²) in [5, 5.41) is 0. The number of carbonyl (C=O) groups excluding carboxylic acids is 2. The number of rotatable bonds is 5. The highest BCUT2D eigenvalue weighted by Crippen LogP contribution is 2.22. The van der Waals surface area contributed by atoms with Gasteiger partial charge < -0.3 is 14.6 Å². The first kappa shape index (κ1) is 19.7. The predicted octanol–water partition coefficient (Wildman–Crippen LogP) is 1.20. The van der Waals surface area contributed by atoms with Crippen molar-refractivity contribution in [2.24, 2.45) is 5.92 Å². The zero-order valence-electron chi connectivity index (χ0n) is 16.3. The van der Waals surface area contributed by atoms with E-state index in [1.807, 2.05) is 0 Å². The quantitative estimate of drug-likeness (QED) is 0.777. The highest BCUT2D eigenvalue weighted by Gasteiger charge is 2.27. The molecule has 1 N–H and O–H groups in total. The number of esters is 1. The predicted molar refractivity (Wildman–Crippen MR) is 102 cm³/mol. The van der Waals surface area contributed by atoms with Gasteiger partial charge in [0.2, 0.25) is 5.91 Å². The second kappa shape index (κ2) is 8.33. The second-order valence-corrected chi connectivity index (χ2v) is 7.16. The molecular formula is C20H24N4O4. The van der Waals surface area contributed by atoms with Crippen LogP contribution in [0.15, 0.2) is 23.3 Å². The third kappa shape index (κ3) is 4.44. The number of aromatic amines is 1. The van der Waals surface area contributed by atoms with E-state index in [1.165, 1.54) is 13.3 Å². The normalized spacial score (nSPS) is 16.2. The molecule has 1 aliphatic rings. The summed E-state index contributed by atoms with van der Waals surface area (Å²) in [6, 6.07) is 1.78. The molecule has 1 aliphatic heterocycles. The number of methoxy groups -OCH3 is 1. The van der Waals surface area contributed by atoms with Crippen molar-refractivity contribution in [1.29, 1.82) is 0 Å². The van der Waals surface area contributed by atoms with Gasteiger partial charge in [-0.15, -0.1) is 0 Å². The van der Waals surface area contributed by atoms with Crippen LogP contribution in [0.5, 0.6) is 0 Å². The summed E-state index contributed by atoms with van der Waals surface area (Å²) in [6.45, 7) is 4.75. The van der Waals surface area contributed by atoms with E-state index in [4.69, 9.17) is 4.74 Å². The van der Waals surface area contributed by atoms with Gasteiger partial charge in [0.25, 0.3) is 5.56 Å². The number of nitrogens with one attached hydrogen (secondary N) is 1. The largest absolute Gasteiger partial charge is 0.465 e. The van der Waals surface area contributed by atoms with Crippen molar-refractivity contribution in [2.45, 2.75) is 33.1 Å². The van der Waals surface area contributed by atoms with Gasteiger partial charge in [0, 0.05) is 36.7 Å². The highest BCUT2D eigenvalue weighted by molar-refractivity contribution is 5.89. The number of aromatic nitrogens is 3. The van der Waals surface area contributed by atoms with Crippen LogP contribution in [0.25, 0.3) is 0 Å². The van der Waals surface area contributed by atoms with E-state index < -0.39 is 5.97 Å². The van der Waals surface area contributed by atoms with Crippen molar-refractivity contribution in [3.05, 3.63) is 57.0 Å². The molecule has 0 spiro atoms. The summed E-state index contributed by atoms with van der Waals surface area (Å²) >= 11 is 0. The summed E-state index contributed by atoms with van der Waals surface area (Å²) < 4.78 is 4.73. The average molecular weight is 384 g/mol. The van der Waals surface area contributed by atoms with Gasteiger partial charge in [-0.3, -0.25) is 14.6 Å². The number of hydrogen-bond acceptors (Lipinski definition) is 6. The number of pyridine rings is 1. The molecule has 148 valence electrons. The molecule has 2 aromatic rings. The molecule has 1 atom stereocenters. The van der Waals surface area contributed by atoms with Crippen molar-refractivity contribution in [2.75, 3.05) is 20.2 Å². The van der Waals surface area contributed by atoms with E-state index in [2.05, 4.69) is 15.0 Å². The number of amides is 1. The fourth-order valence-corrected chi connectivity index (χ4v) is 3.61. The standard InChI is InChI=1S/C20H24N4O4/c1-12-17(19(26)23-13(2)22-12)8-18(25)24-5-4-14(11-24)6-15-7-16(10-21-9-15)20(27)28-3/h7,9-10,14H,4-6,8,11H2,1-3H3,(H,22,23,26). The zero-order valence-corrected chi connectivity index (χ0v) is 16.3. The summed E-state index contributed by atoms with van der Waals surface area (Å²) in [5.41, 5.74) is 2.13. The van der Waals surface area contributed by atoms with E-state index in [9.17, 15) is 14.4 Å². The lowest BCUT2D eigenvalue weighted by atomic mass is 9.99. The van der Waals surface area contributed by atoms with E-state index >= 15 is 0 Å². The molecule has 0 saturated carbocycles. The Morgan fingerprint density at radius 2 is 2.11 bits per heavy atom. The molecule has 3 heterocycles. The van der Waals surface area contributed by atoms with Crippen molar-refractivity contribution < 1.29 is 14.3 Å². The molecule has 28 heavy (non-hydrogen) atoms. The van der Waals surface area contributed by atoms with E-state index in [-0.39, 0.29) is 23.8 Å². The lowest BCUT2D eigenvalue weighted by Crippen LogP contribution is -2.32. The molecule has 1 amide bonds. The summed E-state index contributed by atoms with van der Waals surface area (Å²) in [6.07, 6.45) is 4.87. The second-order valence-electron chi connectivity index (χ2n) is 7.16. The van der Waals surface area contributed by atoms with Crippen LogP contribution in [0.3, 0.4) is 0 Å². The van der Waals surface area contributed by atoms with Crippen molar-refractivity contribution in [3.8, 4) is 0 Å². The van der Waals surface area contributed by atoms with E-state index in [0.717, 1.165) is 18.4 Å². The lowest BCUT2D eigenvalue weighted by molar-refractivity contribution is -0.129. The number of carbonyl (C=O) groups is 2. The van der Waals surface area contributed by atoms with Crippen LogP contribution in [0.2, 0.25) is 0 Å². The van der Waals surface area contributed by atoms with E-state index in [1.54, 1.807) is 31.0 Å². The minimum Gasteiger partial charge on any atom is -0.465 e. The lowest BCUT2D eigenvalue weighted by Gasteiger charge is -2.17. The van der Waals surface area contributed by atoms with Gasteiger partial charge in [0.15, 0.2) is 0 Å². The SMILES string of the molecule is COC(=O)c1cncc(CC2CCN(C(=O)Cc3c(C)nc(C)[nH]c3=O)C2)c1. The monoisotopic (exact) mass is 384 g/mol. The Morgan fingerprint density at radius 1 is 1.32 bits per heavy atom. The number of nitrogens with zero attached hydrogens (tertiary/aromatic N) is 3. The molecule has 1 fully saturated rings. The number of likely N-dealkylation sites (tertiary alicyclic amines) is 1. The first-order valence-electron chi connectivity index (χ1n) is 9.23. The number of hydrogen-bond donors (Lipinski definition) is 1. The van der Waals surface area contributed by atoms with Crippen molar-refractivity contribution in [1.82, 2.24) is 19.9 Å². The van der Waals surface area contributed by atoms with Crippen LogP contribution in [0, 0.1) is 19.8 Å². The molecule has 8 nitrogen and oxygen atoms in total. The maximum atomic E-state index is 12.7. The van der Waals surface area contributed by atoms with Gasteiger partial charge in [0.1, 0.15) is 5.82 Å². The Bertz CT molecular complexity index is 953. The molecule has 0 aromatic carbocycles. The third-order valence-electron chi connectivity index (χ3n) is 5.05. The van der Waals surface area contributed by atoms with Gasteiger partial charge >= 0.3 is 5.97 Å². The van der Waals surface area contributed by atoms with Gasteiger partial charge in [0.05, 0.1) is 19.1 Å². The molecule has 8 heteroatoms. The maximum absolute atomic E-state index is 12.7. The Labute approximate surface area is 163 Å². The van der Waals surface area contributed by atoms with Crippen LogP contribution < -0.4 is 5.56 Å². The first-order valence-corrected chi connectivity index (χ1v) is 9.23. The minimum absolute atomic E-state index is 0.0561. The minimum atomic E-state index is -0.412. The molecular weight excluding hydrogens is 360 g/mol. The smallest absolute Gasteiger partial charge is 0.339 e. The van der Waals surface area contributed by atoms with Gasteiger partial charge in [-0.05, 0) is 44.2 Å². The van der Waals surface area contributed by atoms with Crippen LogP contribution in [-0.2, 0) is 22.4 Å². The van der Waals surface area contributed by atoms with Crippen molar-refractivity contribution in [3.63, 3.8) is 0 Å². The van der Waals surface area contributed by atoms with Gasteiger partial charge in [-0.1, -0.05) is 0 Å². The maximum Gasteiger partial charge on any atom is 0.339 e. The number of H-pyrrole nitrogens is 1. The Morgan fingerprint density at radius 3 is 2.82 bits per heavy atom. The van der Waals surface area contributed by atoms with Crippen LogP contribution in [0.4, 0.5) is 0 Å². The molecule has 3 rings (SSSR count). The topological polar surface area (TPSA) is 105 Å². The Balaban J connectivity index is 1.62. The molecule has 0 aliphatic carbocycles. The molecule has 1 saturated heterocycles. The van der Waals surface area contributed by atoms with Crippen LogP contribution in [-0.4, -0.2) is 51.9 Å². The van der Waals surface area contributed by atoms with E-state index in [0.29, 0.717) is 35.7 Å². The zero-order chi connectivity index (χ0) is 20.3. The Hall–Kier alpha value is -3.03. The highest BCUT2D eigenvalue weighted by atomic mass is 16.5. The van der Waals surface area contributed by atoms with Crippen molar-refractivity contribution >= 4 is 11.9 Å². The fourth-order valence-electron chi connectivity index (χ4n) is 3.61. The van der Waals surface area contributed by atoms with Crippen LogP contribution >= 0.6 is 0 Å². The molecule has 2 aromatic heterocycles. The summed E-state index contributed by atoms with van der Waals surface area (Å²) in [7, 11) is 1.34. The van der Waals surface area contributed by atoms with Gasteiger partial charge in [-0.25, -0.2) is 9.78 Å². The number of ether oxygens (including phenoxy) is 1. The molecule has 0 bridgehead atoms. The fraction of sp³-hybridized carbons (Fsp3) is 0.450. The summed E-state index contributed by atoms with van der Waals surface area (Å²) in [4.78, 5) is 49.2. The number of aryl methyl sites for hydroxylation is 2. The average Bonchev–Trinajstić information content (AvgIpc) is 3.12. The summed E-state index contributed by atoms with van der Waals surface area (Å²) in [5.74, 6) is 0.352. The molecule has 1 unspecified atom stereocenters. The van der Waals surface area contributed by atoms with Gasteiger partial charge in [-0.2, -0.15) is 0 Å². The molecule has 0 radical (unpaired) electrons. The Kier molecular flexibility index (Phi) is 5.87. The van der Waals surface area contributed by atoms with Crippen LogP contribution in [0.1, 0.15) is 39.4 Å². The third-order valence-corrected chi connectivity index (χ3v) is 5.05. The first-order chi connectivity index (χ1) is 13.4.